The fraction of sp³-hybridized carbons (Fsp3) is 0.462. The Labute approximate surface area is 110 Å². The van der Waals surface area contributed by atoms with E-state index in [0.29, 0.717) is 24.5 Å². The maximum atomic E-state index is 8.89. The summed E-state index contributed by atoms with van der Waals surface area (Å²) in [6.45, 7) is 4.42. The van der Waals surface area contributed by atoms with E-state index in [-0.39, 0.29) is 0 Å². The molecule has 1 aromatic carbocycles. The molecule has 1 aromatic rings. The number of halogens is 1. The van der Waals surface area contributed by atoms with Crippen molar-refractivity contribution in [3.8, 4) is 17.6 Å². The molecule has 0 aromatic heterocycles. The highest BCUT2D eigenvalue weighted by atomic mass is 79.9. The van der Waals surface area contributed by atoms with Crippen molar-refractivity contribution in [1.29, 1.82) is 5.26 Å². The maximum absolute atomic E-state index is 8.89. The Hall–Kier alpha value is -1.21. The van der Waals surface area contributed by atoms with Gasteiger partial charge in [-0.05, 0) is 31.0 Å². The van der Waals surface area contributed by atoms with Gasteiger partial charge in [-0.3, -0.25) is 0 Å². The molecule has 0 spiro atoms. The molecule has 0 aliphatic heterocycles. The number of hydrogen-bond donors (Lipinski definition) is 0. The second kappa shape index (κ2) is 7.18. The molecule has 0 N–H and O–H groups in total. The number of alkyl halides is 1. The molecule has 0 amide bonds. The molecule has 1 rings (SSSR count). The van der Waals surface area contributed by atoms with Crippen molar-refractivity contribution in [3.05, 3.63) is 23.8 Å². The van der Waals surface area contributed by atoms with Crippen LogP contribution in [0.1, 0.15) is 25.8 Å². The number of nitrogens with zero attached hydrogens (tertiary/aromatic N) is 1. The van der Waals surface area contributed by atoms with Gasteiger partial charge in [-0.15, -0.1) is 0 Å². The summed E-state index contributed by atoms with van der Waals surface area (Å²) in [6.07, 6.45) is 0.228. The number of hydrogen-bond acceptors (Lipinski definition) is 3. The minimum atomic E-state index is -0.427. The van der Waals surface area contributed by atoms with Crippen molar-refractivity contribution in [2.24, 2.45) is 0 Å². The molecule has 0 heterocycles. The van der Waals surface area contributed by atoms with Crippen LogP contribution in [0.2, 0.25) is 0 Å². The highest BCUT2D eigenvalue weighted by Gasteiger charge is 2.11. The molecule has 0 fully saturated rings. The first kappa shape index (κ1) is 13.9. The maximum Gasteiger partial charge on any atom is 0.184 e. The predicted octanol–water partition coefficient (Wildman–Crippen LogP) is 3.66. The van der Waals surface area contributed by atoms with E-state index in [9.17, 15) is 0 Å². The molecule has 92 valence electrons. The Morgan fingerprint density at radius 3 is 2.65 bits per heavy atom. The van der Waals surface area contributed by atoms with Gasteiger partial charge in [-0.2, -0.15) is 5.26 Å². The van der Waals surface area contributed by atoms with Gasteiger partial charge in [0.05, 0.1) is 6.61 Å². The van der Waals surface area contributed by atoms with Gasteiger partial charge in [0.1, 0.15) is 6.07 Å². The normalized spacial score (nSPS) is 11.6. The topological polar surface area (TPSA) is 42.2 Å². The third-order valence-corrected chi connectivity index (χ3v) is 2.89. The summed E-state index contributed by atoms with van der Waals surface area (Å²) in [5, 5.41) is 9.65. The SMILES string of the molecule is CCOc1cc(CBr)ccc1OC(C#N)CC. The minimum Gasteiger partial charge on any atom is -0.490 e. The van der Waals surface area contributed by atoms with Crippen molar-refractivity contribution in [2.45, 2.75) is 31.7 Å². The van der Waals surface area contributed by atoms with Crippen LogP contribution in [0.5, 0.6) is 11.5 Å². The molecule has 1 unspecified atom stereocenters. The molecule has 0 aliphatic carbocycles. The Morgan fingerprint density at radius 1 is 1.35 bits per heavy atom. The second-order valence-electron chi connectivity index (χ2n) is 3.49. The van der Waals surface area contributed by atoms with Gasteiger partial charge >= 0.3 is 0 Å². The van der Waals surface area contributed by atoms with Crippen LogP contribution in [-0.4, -0.2) is 12.7 Å². The summed E-state index contributed by atoms with van der Waals surface area (Å²) in [5.41, 5.74) is 1.12. The summed E-state index contributed by atoms with van der Waals surface area (Å²) >= 11 is 3.40. The number of rotatable bonds is 6. The van der Waals surface area contributed by atoms with Crippen molar-refractivity contribution < 1.29 is 9.47 Å². The summed E-state index contributed by atoms with van der Waals surface area (Å²) < 4.78 is 11.1. The molecule has 0 aliphatic rings. The molecule has 3 nitrogen and oxygen atoms in total. The van der Waals surface area contributed by atoms with Crippen LogP contribution in [0.25, 0.3) is 0 Å². The van der Waals surface area contributed by atoms with Crippen LogP contribution in [0.4, 0.5) is 0 Å². The lowest BCUT2D eigenvalue weighted by Gasteiger charge is -2.15. The van der Waals surface area contributed by atoms with Gasteiger partial charge in [0.15, 0.2) is 17.6 Å². The van der Waals surface area contributed by atoms with E-state index in [1.165, 1.54) is 0 Å². The van der Waals surface area contributed by atoms with Gasteiger partial charge in [0.2, 0.25) is 0 Å². The first-order valence-corrected chi connectivity index (χ1v) is 6.75. The van der Waals surface area contributed by atoms with E-state index in [2.05, 4.69) is 22.0 Å². The Bertz CT molecular complexity index is 401. The van der Waals surface area contributed by atoms with Gasteiger partial charge in [-0.25, -0.2) is 0 Å². The van der Waals surface area contributed by atoms with Crippen LogP contribution in [0, 0.1) is 11.3 Å². The zero-order chi connectivity index (χ0) is 12.7. The molecule has 17 heavy (non-hydrogen) atoms. The van der Waals surface area contributed by atoms with Crippen LogP contribution in [-0.2, 0) is 5.33 Å². The molecule has 0 bridgehead atoms. The molecule has 4 heteroatoms. The average molecular weight is 298 g/mol. The lowest BCUT2D eigenvalue weighted by molar-refractivity contribution is 0.232. The highest BCUT2D eigenvalue weighted by Crippen LogP contribution is 2.30. The third kappa shape index (κ3) is 3.94. The van der Waals surface area contributed by atoms with Crippen molar-refractivity contribution in [2.75, 3.05) is 6.61 Å². The molecule has 0 saturated heterocycles. The summed E-state index contributed by atoms with van der Waals surface area (Å²) in [5.74, 6) is 1.32. The van der Waals surface area contributed by atoms with Crippen molar-refractivity contribution >= 4 is 15.9 Å². The molecule has 0 radical (unpaired) electrons. The van der Waals surface area contributed by atoms with E-state index in [1.54, 1.807) is 0 Å². The lowest BCUT2D eigenvalue weighted by Crippen LogP contribution is -2.13. The Morgan fingerprint density at radius 2 is 2.12 bits per heavy atom. The lowest BCUT2D eigenvalue weighted by atomic mass is 10.2. The fourth-order valence-electron chi connectivity index (χ4n) is 1.36. The van der Waals surface area contributed by atoms with Gasteiger partial charge in [0.25, 0.3) is 0 Å². The first-order valence-electron chi connectivity index (χ1n) is 5.63. The van der Waals surface area contributed by atoms with Crippen LogP contribution >= 0.6 is 15.9 Å². The average Bonchev–Trinajstić information content (AvgIpc) is 2.37. The highest BCUT2D eigenvalue weighted by molar-refractivity contribution is 9.08. The van der Waals surface area contributed by atoms with Gasteiger partial charge in [0, 0.05) is 5.33 Å². The number of ether oxygens (including phenoxy) is 2. The smallest absolute Gasteiger partial charge is 0.184 e. The minimum absolute atomic E-state index is 0.427. The van der Waals surface area contributed by atoms with E-state index in [4.69, 9.17) is 14.7 Å². The summed E-state index contributed by atoms with van der Waals surface area (Å²) in [6, 6.07) is 7.84. The molecule has 1 atom stereocenters. The fourth-order valence-corrected chi connectivity index (χ4v) is 1.70. The summed E-state index contributed by atoms with van der Waals surface area (Å²) in [7, 11) is 0. The third-order valence-electron chi connectivity index (χ3n) is 2.25. The van der Waals surface area contributed by atoms with E-state index in [1.807, 2.05) is 32.0 Å². The first-order chi connectivity index (χ1) is 8.24. The number of benzene rings is 1. The molecular formula is C13H16BrNO2. The monoisotopic (exact) mass is 297 g/mol. The van der Waals surface area contributed by atoms with Crippen molar-refractivity contribution in [1.82, 2.24) is 0 Å². The quantitative estimate of drug-likeness (QED) is 0.753. The zero-order valence-corrected chi connectivity index (χ0v) is 11.7. The van der Waals surface area contributed by atoms with E-state index >= 15 is 0 Å². The number of nitriles is 1. The standard InChI is InChI=1S/C13H16BrNO2/c1-3-11(9-15)17-12-6-5-10(8-14)7-13(12)16-4-2/h5-7,11H,3-4,8H2,1-2H3. The Balaban J connectivity index is 2.93. The van der Waals surface area contributed by atoms with Crippen LogP contribution < -0.4 is 9.47 Å². The van der Waals surface area contributed by atoms with Gasteiger partial charge < -0.3 is 9.47 Å². The molecule has 0 saturated carbocycles. The van der Waals surface area contributed by atoms with Crippen LogP contribution in [0.3, 0.4) is 0 Å². The zero-order valence-electron chi connectivity index (χ0n) is 10.1. The largest absolute Gasteiger partial charge is 0.490 e. The second-order valence-corrected chi connectivity index (χ2v) is 4.05. The summed E-state index contributed by atoms with van der Waals surface area (Å²) in [4.78, 5) is 0. The van der Waals surface area contributed by atoms with E-state index < -0.39 is 6.10 Å². The van der Waals surface area contributed by atoms with Crippen LogP contribution in [0.15, 0.2) is 18.2 Å². The molecular weight excluding hydrogens is 282 g/mol. The van der Waals surface area contributed by atoms with Crippen molar-refractivity contribution in [3.63, 3.8) is 0 Å². The Kier molecular flexibility index (Phi) is 5.85. The van der Waals surface area contributed by atoms with E-state index in [0.717, 1.165) is 10.9 Å². The van der Waals surface area contributed by atoms with Gasteiger partial charge in [-0.1, -0.05) is 28.9 Å². The predicted molar refractivity (Wildman–Crippen MR) is 70.6 cm³/mol.